The Morgan fingerprint density at radius 2 is 2.22 bits per heavy atom. The Labute approximate surface area is 106 Å². The summed E-state index contributed by atoms with van der Waals surface area (Å²) in [6.07, 6.45) is 1.86. The molecule has 2 heterocycles. The van der Waals surface area contributed by atoms with Crippen LogP contribution in [0.1, 0.15) is 23.6 Å². The molecule has 0 aromatic heterocycles. The minimum absolute atomic E-state index is 0.249. The molecule has 2 atom stereocenters. The van der Waals surface area contributed by atoms with Crippen molar-refractivity contribution < 1.29 is 14.6 Å². The van der Waals surface area contributed by atoms with Gasteiger partial charge in [-0.15, -0.1) is 0 Å². The highest BCUT2D eigenvalue weighted by Crippen LogP contribution is 2.33. The van der Waals surface area contributed by atoms with Crippen molar-refractivity contribution >= 4 is 5.97 Å². The van der Waals surface area contributed by atoms with Crippen molar-refractivity contribution in [3.8, 4) is 0 Å². The predicted molar refractivity (Wildman–Crippen MR) is 66.5 cm³/mol. The Morgan fingerprint density at radius 3 is 2.94 bits per heavy atom. The summed E-state index contributed by atoms with van der Waals surface area (Å²) in [4.78, 5) is 13.7. The lowest BCUT2D eigenvalue weighted by Crippen LogP contribution is -2.46. The SMILES string of the molecule is O=C(O)C1c2ccccc2CCN1C1CCOC1. The molecule has 96 valence electrons. The minimum Gasteiger partial charge on any atom is -0.480 e. The van der Waals surface area contributed by atoms with Crippen molar-refractivity contribution in [2.45, 2.75) is 24.9 Å². The van der Waals surface area contributed by atoms with Crippen molar-refractivity contribution in [3.05, 3.63) is 35.4 Å². The third-order valence-corrected chi connectivity index (χ3v) is 3.93. The van der Waals surface area contributed by atoms with E-state index in [1.807, 2.05) is 24.3 Å². The van der Waals surface area contributed by atoms with Gasteiger partial charge in [-0.2, -0.15) is 0 Å². The Morgan fingerprint density at radius 1 is 1.39 bits per heavy atom. The van der Waals surface area contributed by atoms with Crippen LogP contribution in [0.2, 0.25) is 0 Å². The molecule has 0 radical (unpaired) electrons. The first-order valence-corrected chi connectivity index (χ1v) is 6.41. The quantitative estimate of drug-likeness (QED) is 0.859. The summed E-state index contributed by atoms with van der Waals surface area (Å²) in [5.41, 5.74) is 2.11. The van der Waals surface area contributed by atoms with Gasteiger partial charge in [-0.25, -0.2) is 0 Å². The van der Waals surface area contributed by atoms with E-state index >= 15 is 0 Å². The first kappa shape index (κ1) is 11.7. The maximum absolute atomic E-state index is 11.6. The number of rotatable bonds is 2. The number of aliphatic carboxylic acids is 1. The molecular formula is C14H17NO3. The summed E-state index contributed by atoms with van der Waals surface area (Å²) in [5, 5.41) is 9.53. The number of fused-ring (bicyclic) bond motifs is 1. The number of carboxylic acid groups (broad SMARTS) is 1. The Balaban J connectivity index is 1.95. The summed E-state index contributed by atoms with van der Waals surface area (Å²) in [6, 6.07) is 7.61. The zero-order valence-electron chi connectivity index (χ0n) is 10.2. The second kappa shape index (κ2) is 4.71. The number of carbonyl (C=O) groups is 1. The fourth-order valence-electron chi connectivity index (χ4n) is 3.04. The number of hydrogen-bond donors (Lipinski definition) is 1. The lowest BCUT2D eigenvalue weighted by Gasteiger charge is -2.38. The standard InChI is InChI=1S/C14H17NO3/c16-14(17)13-12-4-2-1-3-10(12)5-7-15(13)11-6-8-18-9-11/h1-4,11,13H,5-9H2,(H,16,17). The lowest BCUT2D eigenvalue weighted by atomic mass is 9.91. The summed E-state index contributed by atoms with van der Waals surface area (Å²) in [7, 11) is 0. The van der Waals surface area contributed by atoms with Gasteiger partial charge in [0.05, 0.1) is 6.61 Å². The Hall–Kier alpha value is -1.39. The van der Waals surface area contributed by atoms with Crippen LogP contribution in [0.25, 0.3) is 0 Å². The molecule has 1 fully saturated rings. The Kier molecular flexibility index (Phi) is 3.06. The van der Waals surface area contributed by atoms with Crippen LogP contribution in [0.3, 0.4) is 0 Å². The van der Waals surface area contributed by atoms with Gasteiger partial charge in [0.2, 0.25) is 0 Å². The van der Waals surface area contributed by atoms with Crippen LogP contribution in [0.15, 0.2) is 24.3 Å². The molecule has 18 heavy (non-hydrogen) atoms. The van der Waals surface area contributed by atoms with Crippen LogP contribution in [-0.4, -0.2) is 41.8 Å². The van der Waals surface area contributed by atoms with Crippen LogP contribution < -0.4 is 0 Å². The second-order valence-electron chi connectivity index (χ2n) is 4.94. The number of ether oxygens (including phenoxy) is 1. The van der Waals surface area contributed by atoms with Gasteiger partial charge in [-0.05, 0) is 24.0 Å². The third kappa shape index (κ3) is 1.91. The summed E-state index contributed by atoms with van der Waals surface area (Å²) < 4.78 is 5.39. The number of benzene rings is 1. The van der Waals surface area contributed by atoms with Gasteiger partial charge in [-0.3, -0.25) is 9.69 Å². The van der Waals surface area contributed by atoms with Gasteiger partial charge in [0.1, 0.15) is 6.04 Å². The van der Waals surface area contributed by atoms with Crippen LogP contribution in [0.4, 0.5) is 0 Å². The van der Waals surface area contributed by atoms with Gasteiger partial charge in [0.25, 0.3) is 0 Å². The molecule has 2 aliphatic rings. The summed E-state index contributed by atoms with van der Waals surface area (Å²) in [5.74, 6) is -0.756. The third-order valence-electron chi connectivity index (χ3n) is 3.93. The molecule has 2 unspecified atom stereocenters. The van der Waals surface area contributed by atoms with Gasteiger partial charge in [-0.1, -0.05) is 24.3 Å². The van der Waals surface area contributed by atoms with Crippen LogP contribution in [0.5, 0.6) is 0 Å². The van der Waals surface area contributed by atoms with E-state index < -0.39 is 12.0 Å². The van der Waals surface area contributed by atoms with E-state index in [0.717, 1.165) is 31.6 Å². The molecule has 3 rings (SSSR count). The molecule has 0 amide bonds. The summed E-state index contributed by atoms with van der Waals surface area (Å²) >= 11 is 0. The molecule has 2 aliphatic heterocycles. The zero-order chi connectivity index (χ0) is 12.5. The van der Waals surface area contributed by atoms with E-state index in [9.17, 15) is 9.90 Å². The largest absolute Gasteiger partial charge is 0.480 e. The maximum Gasteiger partial charge on any atom is 0.325 e. The predicted octanol–water partition coefficient (Wildman–Crippen LogP) is 1.46. The molecule has 4 heteroatoms. The van der Waals surface area contributed by atoms with Crippen molar-refractivity contribution in [3.63, 3.8) is 0 Å². The first-order valence-electron chi connectivity index (χ1n) is 6.41. The second-order valence-corrected chi connectivity index (χ2v) is 4.94. The maximum atomic E-state index is 11.6. The van der Waals surface area contributed by atoms with Crippen LogP contribution >= 0.6 is 0 Å². The molecule has 1 saturated heterocycles. The smallest absolute Gasteiger partial charge is 0.325 e. The molecule has 0 spiro atoms. The first-order chi connectivity index (χ1) is 8.77. The monoisotopic (exact) mass is 247 g/mol. The van der Waals surface area contributed by atoms with E-state index in [2.05, 4.69) is 4.90 Å². The topological polar surface area (TPSA) is 49.8 Å². The molecular weight excluding hydrogens is 230 g/mol. The molecule has 1 aromatic carbocycles. The lowest BCUT2D eigenvalue weighted by molar-refractivity contribution is -0.145. The fourth-order valence-corrected chi connectivity index (χ4v) is 3.04. The van der Waals surface area contributed by atoms with Gasteiger partial charge < -0.3 is 9.84 Å². The molecule has 0 bridgehead atoms. The fraction of sp³-hybridized carbons (Fsp3) is 0.500. The normalized spacial score (nSPS) is 28.0. The average molecular weight is 247 g/mol. The molecule has 1 aromatic rings. The zero-order valence-corrected chi connectivity index (χ0v) is 10.2. The van der Waals surface area contributed by atoms with E-state index in [1.54, 1.807) is 0 Å². The molecule has 0 saturated carbocycles. The van der Waals surface area contributed by atoms with Crippen molar-refractivity contribution in [2.75, 3.05) is 19.8 Å². The number of nitrogens with zero attached hydrogens (tertiary/aromatic N) is 1. The molecule has 1 N–H and O–H groups in total. The van der Waals surface area contributed by atoms with Crippen molar-refractivity contribution in [1.82, 2.24) is 4.90 Å². The van der Waals surface area contributed by atoms with E-state index in [0.29, 0.717) is 6.61 Å². The van der Waals surface area contributed by atoms with Crippen molar-refractivity contribution in [2.24, 2.45) is 0 Å². The minimum atomic E-state index is -0.756. The van der Waals surface area contributed by atoms with Gasteiger partial charge >= 0.3 is 5.97 Å². The average Bonchev–Trinajstić information content (AvgIpc) is 2.90. The summed E-state index contributed by atoms with van der Waals surface area (Å²) in [6.45, 7) is 2.21. The van der Waals surface area contributed by atoms with Gasteiger partial charge in [0.15, 0.2) is 0 Å². The molecule has 4 nitrogen and oxygen atoms in total. The highest BCUT2D eigenvalue weighted by molar-refractivity contribution is 5.76. The van der Waals surface area contributed by atoms with E-state index in [4.69, 9.17) is 4.74 Å². The highest BCUT2D eigenvalue weighted by atomic mass is 16.5. The van der Waals surface area contributed by atoms with Gasteiger partial charge in [0, 0.05) is 19.2 Å². The Bertz CT molecular complexity index is 454. The molecule has 0 aliphatic carbocycles. The van der Waals surface area contributed by atoms with E-state index in [-0.39, 0.29) is 6.04 Å². The highest BCUT2D eigenvalue weighted by Gasteiger charge is 2.37. The van der Waals surface area contributed by atoms with Crippen molar-refractivity contribution in [1.29, 1.82) is 0 Å². The van der Waals surface area contributed by atoms with Crippen LogP contribution in [-0.2, 0) is 16.0 Å². The van der Waals surface area contributed by atoms with E-state index in [1.165, 1.54) is 5.56 Å². The number of carboxylic acids is 1. The number of hydrogen-bond acceptors (Lipinski definition) is 3. The van der Waals surface area contributed by atoms with Crippen LogP contribution in [0, 0.1) is 0 Å².